The van der Waals surface area contributed by atoms with E-state index in [-0.39, 0.29) is 0 Å². The molecule has 0 spiro atoms. The first-order chi connectivity index (χ1) is 10.4. The summed E-state index contributed by atoms with van der Waals surface area (Å²) in [6.45, 7) is 0. The van der Waals surface area contributed by atoms with Crippen LogP contribution in [0.4, 0.5) is 5.82 Å². The van der Waals surface area contributed by atoms with Gasteiger partial charge in [-0.3, -0.25) is 0 Å². The molecular formula is C16H17N5. The molecule has 2 aromatic heterocycles. The summed E-state index contributed by atoms with van der Waals surface area (Å²) >= 11 is 0. The van der Waals surface area contributed by atoms with Crippen molar-refractivity contribution in [3.05, 3.63) is 42.0 Å². The van der Waals surface area contributed by atoms with Crippen molar-refractivity contribution in [2.24, 2.45) is 0 Å². The van der Waals surface area contributed by atoms with Crippen LogP contribution in [0.25, 0.3) is 17.0 Å². The Hall–Kier alpha value is -2.43. The summed E-state index contributed by atoms with van der Waals surface area (Å²) in [6.07, 6.45) is 3.79. The SMILES string of the molecule is CNc1nn2c(-c3ccccc3)nnc2cc1C1CCC1. The van der Waals surface area contributed by atoms with E-state index in [0.717, 1.165) is 22.9 Å². The predicted molar refractivity (Wildman–Crippen MR) is 82.4 cm³/mol. The van der Waals surface area contributed by atoms with Crippen molar-refractivity contribution < 1.29 is 0 Å². The summed E-state index contributed by atoms with van der Waals surface area (Å²) in [5.74, 6) is 2.33. The first-order valence-electron chi connectivity index (χ1n) is 7.36. The number of fused-ring (bicyclic) bond motifs is 1. The third-order valence-corrected chi connectivity index (χ3v) is 4.24. The van der Waals surface area contributed by atoms with Crippen LogP contribution >= 0.6 is 0 Å². The minimum Gasteiger partial charge on any atom is -0.371 e. The quantitative estimate of drug-likeness (QED) is 0.800. The number of aromatic nitrogens is 4. The number of rotatable bonds is 3. The minimum atomic E-state index is 0.613. The van der Waals surface area contributed by atoms with Crippen molar-refractivity contribution in [2.75, 3.05) is 12.4 Å². The van der Waals surface area contributed by atoms with Crippen LogP contribution in [0, 0.1) is 0 Å². The number of nitrogens with zero attached hydrogens (tertiary/aromatic N) is 4. The Morgan fingerprint density at radius 3 is 2.62 bits per heavy atom. The summed E-state index contributed by atoms with van der Waals surface area (Å²) in [5, 5.41) is 16.5. The fourth-order valence-electron chi connectivity index (χ4n) is 2.84. The third kappa shape index (κ3) is 1.96. The van der Waals surface area contributed by atoms with E-state index in [9.17, 15) is 0 Å². The van der Waals surface area contributed by atoms with E-state index in [4.69, 9.17) is 5.10 Å². The van der Waals surface area contributed by atoms with E-state index in [1.165, 1.54) is 24.8 Å². The number of benzene rings is 1. The van der Waals surface area contributed by atoms with Crippen molar-refractivity contribution in [3.8, 4) is 11.4 Å². The molecule has 0 radical (unpaired) electrons. The molecule has 0 aliphatic heterocycles. The van der Waals surface area contributed by atoms with Gasteiger partial charge in [-0.2, -0.15) is 4.52 Å². The van der Waals surface area contributed by atoms with E-state index in [0.29, 0.717) is 5.92 Å². The average molecular weight is 279 g/mol. The predicted octanol–water partition coefficient (Wildman–Crippen LogP) is 3.10. The molecule has 1 saturated carbocycles. The molecule has 4 rings (SSSR count). The molecule has 0 bridgehead atoms. The normalized spacial score (nSPS) is 15.1. The van der Waals surface area contributed by atoms with Crippen molar-refractivity contribution in [1.29, 1.82) is 0 Å². The maximum absolute atomic E-state index is 4.71. The van der Waals surface area contributed by atoms with Crippen molar-refractivity contribution in [3.63, 3.8) is 0 Å². The van der Waals surface area contributed by atoms with E-state index in [1.807, 2.05) is 41.9 Å². The molecule has 21 heavy (non-hydrogen) atoms. The minimum absolute atomic E-state index is 0.613. The molecule has 106 valence electrons. The van der Waals surface area contributed by atoms with Gasteiger partial charge in [0.25, 0.3) is 0 Å². The first kappa shape index (κ1) is 12.3. The zero-order valence-corrected chi connectivity index (χ0v) is 12.0. The molecule has 0 saturated heterocycles. The number of hydrogen-bond donors (Lipinski definition) is 1. The summed E-state index contributed by atoms with van der Waals surface area (Å²) in [7, 11) is 1.92. The Morgan fingerprint density at radius 2 is 1.95 bits per heavy atom. The molecule has 1 N–H and O–H groups in total. The zero-order valence-electron chi connectivity index (χ0n) is 12.0. The number of nitrogens with one attached hydrogen (secondary N) is 1. The largest absolute Gasteiger partial charge is 0.371 e. The van der Waals surface area contributed by atoms with Gasteiger partial charge in [0.05, 0.1) is 0 Å². The highest BCUT2D eigenvalue weighted by molar-refractivity contribution is 5.61. The van der Waals surface area contributed by atoms with E-state index in [2.05, 4.69) is 21.6 Å². The summed E-state index contributed by atoms with van der Waals surface area (Å²) < 4.78 is 1.82. The Kier molecular flexibility index (Phi) is 2.84. The van der Waals surface area contributed by atoms with Gasteiger partial charge in [0.1, 0.15) is 5.82 Å². The van der Waals surface area contributed by atoms with Crippen LogP contribution in [-0.2, 0) is 0 Å². The lowest BCUT2D eigenvalue weighted by molar-refractivity contribution is 0.419. The fourth-order valence-corrected chi connectivity index (χ4v) is 2.84. The lowest BCUT2D eigenvalue weighted by Gasteiger charge is -2.27. The van der Waals surface area contributed by atoms with Gasteiger partial charge in [0.2, 0.25) is 0 Å². The maximum Gasteiger partial charge on any atom is 0.185 e. The molecule has 5 nitrogen and oxygen atoms in total. The zero-order chi connectivity index (χ0) is 14.2. The molecule has 1 aliphatic carbocycles. The lowest BCUT2D eigenvalue weighted by atomic mass is 9.80. The van der Waals surface area contributed by atoms with Crippen molar-refractivity contribution >= 4 is 11.5 Å². The molecule has 1 aliphatic rings. The summed E-state index contributed by atoms with van der Waals surface area (Å²) in [4.78, 5) is 0. The molecule has 0 amide bonds. The number of anilines is 1. The van der Waals surface area contributed by atoms with Gasteiger partial charge in [-0.15, -0.1) is 15.3 Å². The highest BCUT2D eigenvalue weighted by atomic mass is 15.4. The van der Waals surface area contributed by atoms with Crippen LogP contribution in [-0.4, -0.2) is 26.9 Å². The van der Waals surface area contributed by atoms with Crippen LogP contribution in [0.5, 0.6) is 0 Å². The number of hydrogen-bond acceptors (Lipinski definition) is 4. The van der Waals surface area contributed by atoms with Crippen LogP contribution < -0.4 is 5.32 Å². The molecule has 0 atom stereocenters. The molecule has 0 unspecified atom stereocenters. The van der Waals surface area contributed by atoms with Crippen LogP contribution in [0.1, 0.15) is 30.7 Å². The van der Waals surface area contributed by atoms with Gasteiger partial charge in [-0.05, 0) is 24.8 Å². The molecule has 2 heterocycles. The van der Waals surface area contributed by atoms with Crippen LogP contribution in [0.2, 0.25) is 0 Å². The van der Waals surface area contributed by atoms with Crippen LogP contribution in [0.3, 0.4) is 0 Å². The van der Waals surface area contributed by atoms with Gasteiger partial charge in [-0.25, -0.2) is 0 Å². The lowest BCUT2D eigenvalue weighted by Crippen LogP contribution is -2.13. The molecule has 5 heteroatoms. The average Bonchev–Trinajstić information content (AvgIpc) is 2.88. The second kappa shape index (κ2) is 4.84. The van der Waals surface area contributed by atoms with Crippen LogP contribution in [0.15, 0.2) is 36.4 Å². The molecule has 3 aromatic rings. The Labute approximate surface area is 123 Å². The standard InChI is InChI=1S/C16H17N5/c1-17-15-13(11-8-5-9-11)10-14-18-19-16(21(14)20-15)12-6-3-2-4-7-12/h2-4,6-7,10-11H,5,8-9H2,1H3,(H,17,20). The van der Waals surface area contributed by atoms with Crippen molar-refractivity contribution in [2.45, 2.75) is 25.2 Å². The van der Waals surface area contributed by atoms with Gasteiger partial charge < -0.3 is 5.32 Å². The second-order valence-electron chi connectivity index (χ2n) is 5.49. The van der Waals surface area contributed by atoms with E-state index in [1.54, 1.807) is 0 Å². The topological polar surface area (TPSA) is 55.1 Å². The molecule has 1 aromatic carbocycles. The summed E-state index contributed by atoms with van der Waals surface area (Å²) in [5.41, 5.74) is 3.11. The Bertz CT molecular complexity index is 774. The van der Waals surface area contributed by atoms with Crippen molar-refractivity contribution in [1.82, 2.24) is 19.8 Å². The second-order valence-corrected chi connectivity index (χ2v) is 5.49. The first-order valence-corrected chi connectivity index (χ1v) is 7.36. The molecular weight excluding hydrogens is 262 g/mol. The third-order valence-electron chi connectivity index (χ3n) is 4.24. The fraction of sp³-hybridized carbons (Fsp3) is 0.312. The van der Waals surface area contributed by atoms with Gasteiger partial charge in [0, 0.05) is 18.2 Å². The smallest absolute Gasteiger partial charge is 0.185 e. The van der Waals surface area contributed by atoms with Gasteiger partial charge in [-0.1, -0.05) is 36.8 Å². The monoisotopic (exact) mass is 279 g/mol. The Balaban J connectivity index is 1.88. The van der Waals surface area contributed by atoms with Gasteiger partial charge >= 0.3 is 0 Å². The molecule has 1 fully saturated rings. The van der Waals surface area contributed by atoms with Gasteiger partial charge in [0.15, 0.2) is 11.5 Å². The Morgan fingerprint density at radius 1 is 1.14 bits per heavy atom. The van der Waals surface area contributed by atoms with E-state index >= 15 is 0 Å². The maximum atomic E-state index is 4.71. The van der Waals surface area contributed by atoms with E-state index < -0.39 is 0 Å². The highest BCUT2D eigenvalue weighted by Crippen LogP contribution is 2.39. The summed E-state index contributed by atoms with van der Waals surface area (Å²) in [6, 6.07) is 12.2. The highest BCUT2D eigenvalue weighted by Gasteiger charge is 2.24.